The molecule has 0 aliphatic rings. The van der Waals surface area contributed by atoms with E-state index in [2.05, 4.69) is 24.8 Å². The zero-order valence-corrected chi connectivity index (χ0v) is 14.2. The normalized spacial score (nSPS) is 11.9. The van der Waals surface area contributed by atoms with Gasteiger partial charge in [0.2, 0.25) is 0 Å². The van der Waals surface area contributed by atoms with E-state index in [1.165, 1.54) is 5.56 Å². The van der Waals surface area contributed by atoms with E-state index >= 15 is 0 Å². The molecule has 3 aromatic rings. The van der Waals surface area contributed by atoms with Crippen molar-refractivity contribution in [2.45, 2.75) is 23.8 Å². The second-order valence-electron chi connectivity index (χ2n) is 5.65. The minimum absolute atomic E-state index is 0.575. The Morgan fingerprint density at radius 1 is 0.792 bits per heavy atom. The summed E-state index contributed by atoms with van der Waals surface area (Å²) >= 11 is 4.42. The predicted octanol–water partition coefficient (Wildman–Crippen LogP) is 5.43. The van der Waals surface area contributed by atoms with Crippen LogP contribution in [0.1, 0.15) is 23.7 Å². The first-order valence-electron chi connectivity index (χ1n) is 8.01. The van der Waals surface area contributed by atoms with Crippen LogP contribution < -0.4 is 4.74 Å². The number of thiol groups is 1. The second kappa shape index (κ2) is 8.04. The van der Waals surface area contributed by atoms with Crippen molar-refractivity contribution in [3.8, 4) is 11.5 Å². The van der Waals surface area contributed by atoms with E-state index in [0.717, 1.165) is 16.9 Å². The lowest BCUT2D eigenvalue weighted by molar-refractivity contribution is 0.164. The Morgan fingerprint density at radius 3 is 2.17 bits per heavy atom. The van der Waals surface area contributed by atoms with Crippen LogP contribution in [-0.2, 0) is 6.42 Å². The van der Waals surface area contributed by atoms with Crippen LogP contribution in [0.2, 0.25) is 0 Å². The Bertz CT molecular complexity index is 787. The van der Waals surface area contributed by atoms with Gasteiger partial charge in [0.15, 0.2) is 0 Å². The Kier molecular flexibility index (Phi) is 5.57. The molecule has 3 rings (SSSR count). The predicted molar refractivity (Wildman–Crippen MR) is 99.9 cm³/mol. The highest BCUT2D eigenvalue weighted by molar-refractivity contribution is 7.80. The molecule has 0 saturated heterocycles. The molecule has 0 spiro atoms. The van der Waals surface area contributed by atoms with Crippen molar-refractivity contribution in [3.05, 3.63) is 90.0 Å². The van der Waals surface area contributed by atoms with Gasteiger partial charge in [-0.05, 0) is 36.6 Å². The third-order valence-corrected chi connectivity index (χ3v) is 4.28. The van der Waals surface area contributed by atoms with Crippen LogP contribution in [0.3, 0.4) is 0 Å². The highest BCUT2D eigenvalue weighted by Gasteiger charge is 2.14. The summed E-state index contributed by atoms with van der Waals surface area (Å²) in [6.45, 7) is 0. The molecule has 122 valence electrons. The van der Waals surface area contributed by atoms with Gasteiger partial charge >= 0.3 is 0 Å². The largest absolute Gasteiger partial charge is 0.456 e. The second-order valence-corrected chi connectivity index (χ2v) is 6.13. The molecule has 24 heavy (non-hydrogen) atoms. The fourth-order valence-electron chi connectivity index (χ4n) is 2.61. The van der Waals surface area contributed by atoms with Crippen molar-refractivity contribution < 1.29 is 9.84 Å². The van der Waals surface area contributed by atoms with E-state index < -0.39 is 6.10 Å². The van der Waals surface area contributed by atoms with Gasteiger partial charge in [-0.2, -0.15) is 0 Å². The zero-order valence-electron chi connectivity index (χ0n) is 13.3. The van der Waals surface area contributed by atoms with Crippen LogP contribution in [-0.4, -0.2) is 5.11 Å². The van der Waals surface area contributed by atoms with Gasteiger partial charge in [-0.3, -0.25) is 0 Å². The number of hydrogen-bond acceptors (Lipinski definition) is 3. The lowest BCUT2D eigenvalue weighted by atomic mass is 10.0. The molecule has 0 amide bonds. The third-order valence-electron chi connectivity index (χ3n) is 3.91. The molecule has 1 atom stereocenters. The van der Waals surface area contributed by atoms with Crippen molar-refractivity contribution in [1.82, 2.24) is 0 Å². The number of aliphatic hydroxyl groups excluding tert-OH is 1. The van der Waals surface area contributed by atoms with Gasteiger partial charge < -0.3 is 9.84 Å². The van der Waals surface area contributed by atoms with Crippen LogP contribution >= 0.6 is 12.6 Å². The summed E-state index contributed by atoms with van der Waals surface area (Å²) < 4.78 is 5.98. The smallest absolute Gasteiger partial charge is 0.140 e. The Balaban J connectivity index is 1.75. The first-order chi connectivity index (χ1) is 11.7. The number of aryl methyl sites for hydroxylation is 1. The molecule has 0 saturated carbocycles. The lowest BCUT2D eigenvalue weighted by Crippen LogP contribution is -2.02. The molecule has 1 N–H and O–H groups in total. The van der Waals surface area contributed by atoms with Gasteiger partial charge in [-0.15, -0.1) is 12.6 Å². The molecule has 2 nitrogen and oxygen atoms in total. The molecule has 0 radical (unpaired) electrons. The summed E-state index contributed by atoms with van der Waals surface area (Å²) in [6, 6.07) is 25.4. The van der Waals surface area contributed by atoms with Gasteiger partial charge in [0.1, 0.15) is 11.5 Å². The lowest BCUT2D eigenvalue weighted by Gasteiger charge is -2.17. The van der Waals surface area contributed by atoms with Gasteiger partial charge in [-0.25, -0.2) is 0 Å². The van der Waals surface area contributed by atoms with Crippen molar-refractivity contribution >= 4 is 12.6 Å². The number of hydrogen-bond donors (Lipinski definition) is 2. The van der Waals surface area contributed by atoms with Gasteiger partial charge in [0.05, 0.1) is 6.10 Å². The zero-order chi connectivity index (χ0) is 16.8. The summed E-state index contributed by atoms with van der Waals surface area (Å²) in [7, 11) is 0. The van der Waals surface area contributed by atoms with Gasteiger partial charge in [0, 0.05) is 10.5 Å². The standard InChI is InChI=1S/C21H20O2S/c22-18(15-14-16-8-2-1-3-9-16)17-10-4-5-11-19(17)23-20-12-6-7-13-21(20)24/h1-13,18,22,24H,14-15H2. The van der Waals surface area contributed by atoms with E-state index in [4.69, 9.17) is 4.74 Å². The SMILES string of the molecule is OC(CCc1ccccc1)c1ccccc1Oc1ccccc1S. The molecular weight excluding hydrogens is 316 g/mol. The quantitative estimate of drug-likeness (QED) is 0.587. The molecule has 0 aromatic heterocycles. The molecular formula is C21H20O2S. The van der Waals surface area contributed by atoms with Crippen molar-refractivity contribution in [1.29, 1.82) is 0 Å². The number of rotatable bonds is 6. The van der Waals surface area contributed by atoms with Crippen LogP contribution in [0.15, 0.2) is 83.8 Å². The van der Waals surface area contributed by atoms with Gasteiger partial charge in [-0.1, -0.05) is 60.7 Å². The van der Waals surface area contributed by atoms with Crippen molar-refractivity contribution in [2.75, 3.05) is 0 Å². The Morgan fingerprint density at radius 2 is 1.42 bits per heavy atom. The minimum atomic E-state index is -0.575. The molecule has 3 aromatic carbocycles. The summed E-state index contributed by atoms with van der Waals surface area (Å²) in [5.74, 6) is 1.35. The number of ether oxygens (including phenoxy) is 1. The first kappa shape index (κ1) is 16.6. The summed E-state index contributed by atoms with van der Waals surface area (Å²) in [6.07, 6.45) is 0.889. The fraction of sp³-hybridized carbons (Fsp3) is 0.143. The van der Waals surface area contributed by atoms with Crippen molar-refractivity contribution in [2.24, 2.45) is 0 Å². The molecule has 0 aliphatic heterocycles. The molecule has 0 heterocycles. The number of aliphatic hydroxyl groups is 1. The molecule has 0 bridgehead atoms. The highest BCUT2D eigenvalue weighted by atomic mass is 32.1. The van der Waals surface area contributed by atoms with Crippen LogP contribution in [0, 0.1) is 0 Å². The maximum atomic E-state index is 10.6. The Labute approximate surface area is 148 Å². The average Bonchev–Trinajstić information content (AvgIpc) is 2.63. The summed E-state index contributed by atoms with van der Waals surface area (Å²) in [4.78, 5) is 0.770. The van der Waals surface area contributed by atoms with Crippen molar-refractivity contribution in [3.63, 3.8) is 0 Å². The third kappa shape index (κ3) is 4.19. The number of benzene rings is 3. The molecule has 1 unspecified atom stereocenters. The topological polar surface area (TPSA) is 29.5 Å². The maximum absolute atomic E-state index is 10.6. The van der Waals surface area contributed by atoms with E-state index in [1.54, 1.807) is 0 Å². The van der Waals surface area contributed by atoms with Crippen LogP contribution in [0.4, 0.5) is 0 Å². The van der Waals surface area contributed by atoms with Gasteiger partial charge in [0.25, 0.3) is 0 Å². The first-order valence-corrected chi connectivity index (χ1v) is 8.45. The monoisotopic (exact) mass is 336 g/mol. The molecule has 0 fully saturated rings. The minimum Gasteiger partial charge on any atom is -0.456 e. The Hall–Kier alpha value is -2.23. The summed E-state index contributed by atoms with van der Waals surface area (Å²) in [5, 5.41) is 10.6. The molecule has 3 heteroatoms. The molecule has 0 aliphatic carbocycles. The van der Waals surface area contributed by atoms with Crippen LogP contribution in [0.25, 0.3) is 0 Å². The van der Waals surface area contributed by atoms with Crippen LogP contribution in [0.5, 0.6) is 11.5 Å². The fourth-order valence-corrected chi connectivity index (χ4v) is 2.82. The van der Waals surface area contributed by atoms with E-state index in [9.17, 15) is 5.11 Å². The maximum Gasteiger partial charge on any atom is 0.140 e. The van der Waals surface area contributed by atoms with E-state index in [1.807, 2.05) is 66.7 Å². The van der Waals surface area contributed by atoms with E-state index in [-0.39, 0.29) is 0 Å². The number of para-hydroxylation sites is 2. The average molecular weight is 336 g/mol. The highest BCUT2D eigenvalue weighted by Crippen LogP contribution is 2.34. The van der Waals surface area contributed by atoms with E-state index in [0.29, 0.717) is 17.9 Å². The summed E-state index contributed by atoms with van der Waals surface area (Å²) in [5.41, 5.74) is 2.01.